The van der Waals surface area contributed by atoms with Gasteiger partial charge in [-0.05, 0) is 37.1 Å². The first kappa shape index (κ1) is 14.3. The minimum absolute atomic E-state index is 0.0871. The van der Waals surface area contributed by atoms with Crippen molar-refractivity contribution in [2.24, 2.45) is 5.73 Å². The van der Waals surface area contributed by atoms with Crippen molar-refractivity contribution < 1.29 is 15.0 Å². The monoisotopic (exact) mass is 252 g/mol. The zero-order valence-electron chi connectivity index (χ0n) is 10.6. The van der Waals surface area contributed by atoms with Crippen LogP contribution >= 0.6 is 0 Å². The summed E-state index contributed by atoms with van der Waals surface area (Å²) in [5.74, 6) is 0.113. The van der Waals surface area contributed by atoms with E-state index >= 15 is 0 Å². The molecule has 1 saturated heterocycles. The molecule has 0 radical (unpaired) electrons. The molecule has 0 saturated carbocycles. The van der Waals surface area contributed by atoms with Crippen LogP contribution in [0.4, 0.5) is 0 Å². The van der Waals surface area contributed by atoms with Gasteiger partial charge in [-0.3, -0.25) is 4.79 Å². The van der Waals surface area contributed by atoms with Crippen molar-refractivity contribution in [2.45, 2.75) is 19.3 Å². The summed E-state index contributed by atoms with van der Waals surface area (Å²) in [4.78, 5) is 12.3. The number of nitrogens with zero attached hydrogens (tertiary/aromatic N) is 1. The van der Waals surface area contributed by atoms with E-state index in [4.69, 9.17) is 15.9 Å². The predicted octanol–water partition coefficient (Wildman–Crippen LogP) is 0.838. The van der Waals surface area contributed by atoms with Gasteiger partial charge in [0.2, 0.25) is 5.91 Å². The lowest BCUT2D eigenvalue weighted by Gasteiger charge is -2.03. The van der Waals surface area contributed by atoms with Gasteiger partial charge in [-0.2, -0.15) is 0 Å². The van der Waals surface area contributed by atoms with E-state index in [1.54, 1.807) is 11.0 Å². The van der Waals surface area contributed by atoms with Gasteiger partial charge in [0.05, 0.1) is 0 Å². The number of likely N-dealkylation sites (tertiary alicyclic amines) is 1. The molecule has 1 aromatic rings. The molecule has 0 spiro atoms. The van der Waals surface area contributed by atoms with E-state index in [0.717, 1.165) is 24.9 Å². The zero-order chi connectivity index (χ0) is 13.5. The highest BCUT2D eigenvalue weighted by Crippen LogP contribution is 2.24. The first-order chi connectivity index (χ1) is 8.54. The molecule has 1 aromatic carbocycles. The molecule has 100 valence electrons. The summed E-state index contributed by atoms with van der Waals surface area (Å²) in [6.07, 6.45) is 2.53. The van der Waals surface area contributed by atoms with E-state index in [1.807, 2.05) is 7.05 Å². The number of rotatable bonds is 2. The molecule has 1 aliphatic heterocycles. The maximum absolute atomic E-state index is 10.5. The van der Waals surface area contributed by atoms with Crippen molar-refractivity contribution in [1.82, 2.24) is 4.90 Å². The molecule has 0 aromatic heterocycles. The molecule has 2 rings (SSSR count). The number of carbonyl (C=O) groups is 1. The van der Waals surface area contributed by atoms with Gasteiger partial charge in [-0.1, -0.05) is 6.07 Å². The Morgan fingerprint density at radius 1 is 1.33 bits per heavy atom. The highest BCUT2D eigenvalue weighted by molar-refractivity contribution is 5.77. The maximum Gasteiger partial charge on any atom is 0.222 e. The van der Waals surface area contributed by atoms with Crippen LogP contribution in [0.2, 0.25) is 0 Å². The molecular formula is C13H20N2O3. The molecule has 4 N–H and O–H groups in total. The lowest BCUT2D eigenvalue weighted by molar-refractivity contribution is -0.126. The van der Waals surface area contributed by atoms with Crippen LogP contribution in [-0.4, -0.2) is 41.2 Å². The Kier molecular flexibility index (Phi) is 5.45. The van der Waals surface area contributed by atoms with Gasteiger partial charge in [-0.25, -0.2) is 0 Å². The van der Waals surface area contributed by atoms with E-state index < -0.39 is 0 Å². The van der Waals surface area contributed by atoms with E-state index in [9.17, 15) is 4.79 Å². The molecule has 5 heteroatoms. The second-order valence-corrected chi connectivity index (χ2v) is 4.28. The van der Waals surface area contributed by atoms with Crippen molar-refractivity contribution in [2.75, 3.05) is 20.1 Å². The highest BCUT2D eigenvalue weighted by atomic mass is 16.3. The number of amides is 1. The first-order valence-electron chi connectivity index (χ1n) is 5.99. The van der Waals surface area contributed by atoms with Crippen molar-refractivity contribution in [3.8, 4) is 11.5 Å². The number of phenolic OH excluding ortho intramolecular Hbond substituents is 2. The minimum Gasteiger partial charge on any atom is -0.504 e. The second kappa shape index (κ2) is 6.86. The summed E-state index contributed by atoms with van der Waals surface area (Å²) in [5.41, 5.74) is 6.24. The summed E-state index contributed by atoms with van der Waals surface area (Å²) >= 11 is 0. The number of nitrogens with two attached hydrogens (primary N) is 1. The summed E-state index contributed by atoms with van der Waals surface area (Å²) in [6.45, 7) is 1.50. The normalized spacial score (nSPS) is 14.3. The Hall–Kier alpha value is -1.75. The first-order valence-corrected chi connectivity index (χ1v) is 5.99. The van der Waals surface area contributed by atoms with Crippen LogP contribution < -0.4 is 5.73 Å². The Bertz CT molecular complexity index is 407. The van der Waals surface area contributed by atoms with Crippen LogP contribution in [0, 0.1) is 0 Å². The number of hydrogen-bond donors (Lipinski definition) is 3. The van der Waals surface area contributed by atoms with Crippen molar-refractivity contribution in [1.29, 1.82) is 0 Å². The maximum atomic E-state index is 10.5. The second-order valence-electron chi connectivity index (χ2n) is 4.28. The SMILES string of the molecule is CN1CCCC1=O.NCCc1ccc(O)c(O)c1. The minimum atomic E-state index is -0.0919. The summed E-state index contributed by atoms with van der Waals surface area (Å²) in [6, 6.07) is 4.71. The number of benzene rings is 1. The number of hydrogen-bond acceptors (Lipinski definition) is 4. The van der Waals surface area contributed by atoms with E-state index in [1.165, 1.54) is 12.1 Å². The molecule has 5 nitrogen and oxygen atoms in total. The van der Waals surface area contributed by atoms with E-state index in [2.05, 4.69) is 0 Å². The molecular weight excluding hydrogens is 232 g/mol. The number of carbonyl (C=O) groups excluding carboxylic acids is 1. The van der Waals surface area contributed by atoms with E-state index in [0.29, 0.717) is 18.9 Å². The molecule has 18 heavy (non-hydrogen) atoms. The molecule has 1 heterocycles. The topological polar surface area (TPSA) is 86.8 Å². The third kappa shape index (κ3) is 4.25. The van der Waals surface area contributed by atoms with Crippen molar-refractivity contribution >= 4 is 5.91 Å². The third-order valence-electron chi connectivity index (χ3n) is 2.78. The molecule has 0 bridgehead atoms. The predicted molar refractivity (Wildman–Crippen MR) is 69.4 cm³/mol. The number of phenols is 2. The Labute approximate surface area is 107 Å². The van der Waals surface area contributed by atoms with Crippen LogP contribution in [0.5, 0.6) is 11.5 Å². The molecule has 0 unspecified atom stereocenters. The van der Waals surface area contributed by atoms with Gasteiger partial charge < -0.3 is 20.8 Å². The Morgan fingerprint density at radius 3 is 2.44 bits per heavy atom. The Balaban J connectivity index is 0.000000199. The fraction of sp³-hybridized carbons (Fsp3) is 0.462. The van der Waals surface area contributed by atoms with E-state index in [-0.39, 0.29) is 11.5 Å². The fourth-order valence-corrected chi connectivity index (χ4v) is 1.67. The average Bonchev–Trinajstić information content (AvgIpc) is 2.70. The zero-order valence-corrected chi connectivity index (χ0v) is 10.6. The largest absolute Gasteiger partial charge is 0.504 e. The third-order valence-corrected chi connectivity index (χ3v) is 2.78. The summed E-state index contributed by atoms with van der Waals surface area (Å²) in [5, 5.41) is 18.0. The number of aromatic hydroxyl groups is 2. The van der Waals surface area contributed by atoms with Crippen LogP contribution in [0.1, 0.15) is 18.4 Å². The van der Waals surface area contributed by atoms with Crippen LogP contribution in [0.3, 0.4) is 0 Å². The van der Waals surface area contributed by atoms with Crippen LogP contribution in [0.25, 0.3) is 0 Å². The van der Waals surface area contributed by atoms with Gasteiger partial charge >= 0.3 is 0 Å². The summed E-state index contributed by atoms with van der Waals surface area (Å²) in [7, 11) is 1.84. The van der Waals surface area contributed by atoms with Gasteiger partial charge in [0.25, 0.3) is 0 Å². The fourth-order valence-electron chi connectivity index (χ4n) is 1.67. The van der Waals surface area contributed by atoms with Crippen LogP contribution in [0.15, 0.2) is 18.2 Å². The van der Waals surface area contributed by atoms with Crippen LogP contribution in [-0.2, 0) is 11.2 Å². The molecule has 0 aliphatic carbocycles. The van der Waals surface area contributed by atoms with Crippen molar-refractivity contribution in [3.05, 3.63) is 23.8 Å². The molecule has 1 amide bonds. The van der Waals surface area contributed by atoms with Gasteiger partial charge in [-0.15, -0.1) is 0 Å². The molecule has 1 fully saturated rings. The lowest BCUT2D eigenvalue weighted by atomic mass is 10.1. The summed E-state index contributed by atoms with van der Waals surface area (Å²) < 4.78 is 0. The highest BCUT2D eigenvalue weighted by Gasteiger charge is 2.14. The average molecular weight is 252 g/mol. The van der Waals surface area contributed by atoms with Gasteiger partial charge in [0, 0.05) is 20.0 Å². The smallest absolute Gasteiger partial charge is 0.222 e. The van der Waals surface area contributed by atoms with Gasteiger partial charge in [0.15, 0.2) is 11.5 Å². The standard InChI is InChI=1S/C8H11NO2.C5H9NO/c9-4-3-6-1-2-7(10)8(11)5-6;1-6-4-2-3-5(6)7/h1-2,5,10-11H,3-4,9H2;2-4H2,1H3. The molecule has 0 atom stereocenters. The Morgan fingerprint density at radius 2 is 2.06 bits per heavy atom. The lowest BCUT2D eigenvalue weighted by Crippen LogP contribution is -2.17. The quantitative estimate of drug-likeness (QED) is 0.681. The molecule has 1 aliphatic rings. The van der Waals surface area contributed by atoms with Gasteiger partial charge in [0.1, 0.15) is 0 Å². The van der Waals surface area contributed by atoms with Crippen molar-refractivity contribution in [3.63, 3.8) is 0 Å².